The molecule has 294 valence electrons. The van der Waals surface area contributed by atoms with Crippen LogP contribution in [-0.4, -0.2) is 120 Å². The molecule has 0 radical (unpaired) electrons. The van der Waals surface area contributed by atoms with Crippen LogP contribution < -0.4 is 0 Å². The van der Waals surface area contributed by atoms with Gasteiger partial charge in [0.1, 0.15) is 24.4 Å². The summed E-state index contributed by atoms with van der Waals surface area (Å²) in [6.45, 7) is 8.17. The van der Waals surface area contributed by atoms with Gasteiger partial charge in [0.2, 0.25) is 0 Å². The van der Waals surface area contributed by atoms with E-state index in [9.17, 15) is 9.59 Å². The van der Waals surface area contributed by atoms with Gasteiger partial charge < -0.3 is 42.8 Å². The lowest BCUT2D eigenvalue weighted by Crippen LogP contribution is -2.59. The first kappa shape index (κ1) is 40.0. The number of ketones is 1. The van der Waals surface area contributed by atoms with E-state index in [0.717, 1.165) is 50.5 Å². The van der Waals surface area contributed by atoms with E-state index in [1.165, 1.54) is 0 Å². The number of hydrogen-bond donors (Lipinski definition) is 0. The molecule has 4 fully saturated rings. The van der Waals surface area contributed by atoms with E-state index < -0.39 is 12.4 Å². The summed E-state index contributed by atoms with van der Waals surface area (Å²) in [5.41, 5.74) is 0.763. The molecule has 52 heavy (non-hydrogen) atoms. The van der Waals surface area contributed by atoms with Crippen molar-refractivity contribution >= 4 is 11.8 Å². The Morgan fingerprint density at radius 1 is 0.827 bits per heavy atom. The first-order valence-electron chi connectivity index (χ1n) is 20.0. The quantitative estimate of drug-likeness (QED) is 0.222. The Morgan fingerprint density at radius 2 is 1.58 bits per heavy atom. The van der Waals surface area contributed by atoms with E-state index in [1.54, 1.807) is 21.3 Å². The van der Waals surface area contributed by atoms with E-state index >= 15 is 0 Å². The maximum atomic E-state index is 14.7. The third-order valence-electron chi connectivity index (χ3n) is 13.3. The molecular formula is C41H65NO10. The number of likely N-dealkylation sites (N-methyl/N-ethyl adjacent to an activating group) is 1. The summed E-state index contributed by atoms with van der Waals surface area (Å²) in [4.78, 5) is 30.4. The Labute approximate surface area is 311 Å². The second-order valence-corrected chi connectivity index (χ2v) is 16.5. The number of methoxy groups -OCH3 is 3. The predicted molar refractivity (Wildman–Crippen MR) is 194 cm³/mol. The lowest BCUT2D eigenvalue weighted by molar-refractivity contribution is -0.314. The fraction of sp³-hybridized carbons (Fsp3) is 0.854. The highest BCUT2D eigenvalue weighted by Crippen LogP contribution is 2.54. The topological polar surface area (TPSA) is 111 Å². The van der Waals surface area contributed by atoms with Crippen molar-refractivity contribution in [3.63, 3.8) is 0 Å². The molecule has 0 bridgehead atoms. The summed E-state index contributed by atoms with van der Waals surface area (Å²) in [5, 5.41) is 0. The number of Topliss-reactive ketones (excluding diaryl/α,β-unsaturated/α-hetero) is 1. The molecule has 0 aromatic heterocycles. The van der Waals surface area contributed by atoms with Gasteiger partial charge in [-0.3, -0.25) is 9.59 Å². The van der Waals surface area contributed by atoms with Crippen LogP contribution in [0.5, 0.6) is 0 Å². The minimum absolute atomic E-state index is 0.0380. The zero-order chi connectivity index (χ0) is 37.3. The fourth-order valence-corrected chi connectivity index (χ4v) is 10.4. The van der Waals surface area contributed by atoms with Gasteiger partial charge in [0.25, 0.3) is 0 Å². The van der Waals surface area contributed by atoms with Gasteiger partial charge in [0.05, 0.1) is 30.8 Å². The molecule has 0 N–H and O–H groups in total. The third kappa shape index (κ3) is 8.27. The highest BCUT2D eigenvalue weighted by atomic mass is 16.7. The number of esters is 1. The summed E-state index contributed by atoms with van der Waals surface area (Å²) in [5.74, 6) is 0.0198. The van der Waals surface area contributed by atoms with Crippen LogP contribution >= 0.6 is 0 Å². The molecular weight excluding hydrogens is 666 g/mol. The zero-order valence-electron chi connectivity index (χ0n) is 32.9. The number of rotatable bonds is 9. The smallest absolute Gasteiger partial charge is 0.306 e. The van der Waals surface area contributed by atoms with Crippen LogP contribution in [0.15, 0.2) is 23.8 Å². The zero-order valence-corrected chi connectivity index (χ0v) is 32.9. The molecule has 6 aliphatic rings. The number of nitrogens with zero attached hydrogens (tertiary/aromatic N) is 1. The molecule has 1 saturated carbocycles. The Kier molecular flexibility index (Phi) is 13.4. The van der Waals surface area contributed by atoms with Crippen molar-refractivity contribution in [2.75, 3.05) is 35.4 Å². The van der Waals surface area contributed by atoms with Crippen LogP contribution in [0.1, 0.15) is 85.5 Å². The summed E-state index contributed by atoms with van der Waals surface area (Å²) in [7, 11) is 9.15. The predicted octanol–water partition coefficient (Wildman–Crippen LogP) is 5.49. The molecule has 3 aliphatic carbocycles. The van der Waals surface area contributed by atoms with Crippen molar-refractivity contribution in [1.29, 1.82) is 0 Å². The van der Waals surface area contributed by atoms with Gasteiger partial charge in [-0.1, -0.05) is 32.1 Å². The van der Waals surface area contributed by atoms with E-state index in [1.807, 2.05) is 13.8 Å². The number of carbonyl (C=O) groups is 2. The molecule has 0 amide bonds. The monoisotopic (exact) mass is 731 g/mol. The molecule has 11 nitrogen and oxygen atoms in total. The number of cyclic esters (lactones) is 1. The Bertz CT molecular complexity index is 1290. The maximum absolute atomic E-state index is 14.7. The van der Waals surface area contributed by atoms with Gasteiger partial charge in [-0.2, -0.15) is 0 Å². The lowest BCUT2D eigenvalue weighted by atomic mass is 9.70. The van der Waals surface area contributed by atoms with Crippen LogP contribution in [0.2, 0.25) is 0 Å². The summed E-state index contributed by atoms with van der Waals surface area (Å²) < 4.78 is 49.5. The molecule has 3 aliphatic heterocycles. The molecule has 0 aromatic rings. The van der Waals surface area contributed by atoms with Gasteiger partial charge >= 0.3 is 5.97 Å². The van der Waals surface area contributed by atoms with Gasteiger partial charge in [0.15, 0.2) is 18.4 Å². The number of fused-ring (bicyclic) bond motifs is 5. The van der Waals surface area contributed by atoms with Crippen LogP contribution in [0.25, 0.3) is 0 Å². The molecule has 11 heteroatoms. The highest BCUT2D eigenvalue weighted by molar-refractivity contribution is 5.99. The minimum atomic E-state index is -0.594. The van der Waals surface area contributed by atoms with Crippen LogP contribution in [0.4, 0.5) is 0 Å². The number of carbonyl (C=O) groups excluding carboxylic acids is 2. The van der Waals surface area contributed by atoms with Crippen molar-refractivity contribution < 1.29 is 47.5 Å². The molecule has 3 saturated heterocycles. The minimum Gasteiger partial charge on any atom is -0.462 e. The molecule has 6 rings (SSSR count). The van der Waals surface area contributed by atoms with Crippen LogP contribution in [0.3, 0.4) is 0 Å². The van der Waals surface area contributed by atoms with Crippen molar-refractivity contribution in [3.05, 3.63) is 23.8 Å². The van der Waals surface area contributed by atoms with E-state index in [0.29, 0.717) is 18.4 Å². The Morgan fingerprint density at radius 3 is 2.25 bits per heavy atom. The Balaban J connectivity index is 1.20. The van der Waals surface area contributed by atoms with Gasteiger partial charge in [0, 0.05) is 39.2 Å². The SMILES string of the molecule is CC[C@@H]1CCC[C@H](O[C@H]2CC[C@H](N(C)C)[C@H](C)O2)[C@H](C)C(=O)C2=C[C@@H]3[C@@H](C=C[C@@H]4C[C@@H](O[C@@H]5O[C@@H](C)[C@H](OC)[C@@H](OC)[C@H]5OC)C[C@@H]34)[C@@H]2CC(=O)O1. The molecule has 3 heterocycles. The summed E-state index contributed by atoms with van der Waals surface area (Å²) in [6, 6.07) is 0.339. The molecule has 0 spiro atoms. The number of ether oxygens (including phenoxy) is 8. The summed E-state index contributed by atoms with van der Waals surface area (Å²) >= 11 is 0. The number of allylic oxidation sites excluding steroid dienone is 4. The average molecular weight is 732 g/mol. The average Bonchev–Trinajstić information content (AvgIpc) is 3.70. The largest absolute Gasteiger partial charge is 0.462 e. The van der Waals surface area contributed by atoms with Crippen molar-refractivity contribution in [3.8, 4) is 0 Å². The molecule has 0 unspecified atom stereocenters. The first-order valence-corrected chi connectivity index (χ1v) is 20.0. The van der Waals surface area contributed by atoms with Crippen molar-refractivity contribution in [2.24, 2.45) is 35.5 Å². The maximum Gasteiger partial charge on any atom is 0.306 e. The van der Waals surface area contributed by atoms with Gasteiger partial charge in [-0.25, -0.2) is 0 Å². The van der Waals surface area contributed by atoms with Crippen LogP contribution in [-0.2, 0) is 47.5 Å². The summed E-state index contributed by atoms with van der Waals surface area (Å²) in [6.07, 6.45) is 10.8. The van der Waals surface area contributed by atoms with Crippen LogP contribution in [0, 0.1) is 35.5 Å². The van der Waals surface area contributed by atoms with E-state index in [-0.39, 0.29) is 96.8 Å². The Hall–Kier alpha value is -1.70. The van der Waals surface area contributed by atoms with Gasteiger partial charge in [-0.05, 0) is 109 Å². The lowest BCUT2D eigenvalue weighted by Gasteiger charge is -2.44. The normalized spacial score (nSPS) is 45.7. The highest BCUT2D eigenvalue weighted by Gasteiger charge is 2.52. The third-order valence-corrected chi connectivity index (χ3v) is 13.3. The standard InChI is InChI=1S/C41H65NO10/c1-10-26-12-11-13-34(52-36-17-16-33(42(5)6)23(3)48-36)22(2)37(44)32-20-30-28(31(32)21-35(43)50-26)15-14-25-18-27(19-29(25)30)51-41-40(47-9)39(46-8)38(45-7)24(4)49-41/h14-15,20,22-31,33-34,36,38-41H,10-13,16-19,21H2,1-9H3/t22-,23-,24-,25+,26+,27+,28+,29+,30+,31-,33-,34-,36-,38-,39+,40+,41-/m0/s1. The second-order valence-electron chi connectivity index (χ2n) is 16.5. The van der Waals surface area contributed by atoms with Crippen molar-refractivity contribution in [1.82, 2.24) is 4.90 Å². The second kappa shape index (κ2) is 17.4. The van der Waals surface area contributed by atoms with Gasteiger partial charge in [-0.15, -0.1) is 0 Å². The van der Waals surface area contributed by atoms with Crippen molar-refractivity contribution in [2.45, 2.75) is 153 Å². The first-order chi connectivity index (χ1) is 25.0. The fourth-order valence-electron chi connectivity index (χ4n) is 10.4. The molecule has 0 aromatic carbocycles. The molecule has 17 atom stereocenters. The van der Waals surface area contributed by atoms with E-state index in [4.69, 9.17) is 37.9 Å². The van der Waals surface area contributed by atoms with E-state index in [2.05, 4.69) is 51.1 Å². The number of hydrogen-bond acceptors (Lipinski definition) is 11.